The maximum absolute atomic E-state index is 12.9. The van der Waals surface area contributed by atoms with Gasteiger partial charge in [0.25, 0.3) is 0 Å². The maximum atomic E-state index is 12.9. The quantitative estimate of drug-likeness (QED) is 0.680. The number of rotatable bonds is 2. The molecule has 2 aromatic heterocycles. The third kappa shape index (κ3) is 2.51. The largest absolute Gasteiger partial charge is 0.381 e. The Hall–Kier alpha value is -3.18. The topological polar surface area (TPSA) is 89.0 Å². The fourth-order valence-corrected chi connectivity index (χ4v) is 4.21. The van der Waals surface area contributed by atoms with Crippen LogP contribution in [0.25, 0.3) is 11.2 Å². The summed E-state index contributed by atoms with van der Waals surface area (Å²) in [6, 6.07) is 7.97. The minimum absolute atomic E-state index is 0.0613. The molecule has 2 aliphatic heterocycles. The van der Waals surface area contributed by atoms with Gasteiger partial charge in [-0.15, -0.1) is 0 Å². The Morgan fingerprint density at radius 1 is 1.29 bits per heavy atom. The first kappa shape index (κ1) is 17.0. The summed E-state index contributed by atoms with van der Waals surface area (Å²) in [6.07, 6.45) is 4.19. The average Bonchev–Trinajstić information content (AvgIpc) is 3.27. The summed E-state index contributed by atoms with van der Waals surface area (Å²) in [7, 11) is 1.76. The van der Waals surface area contributed by atoms with Crippen LogP contribution in [0.5, 0.6) is 0 Å². The number of aromatic nitrogens is 4. The third-order valence-electron chi connectivity index (χ3n) is 5.72. The summed E-state index contributed by atoms with van der Waals surface area (Å²) in [5.41, 5.74) is 4.15. The van der Waals surface area contributed by atoms with Gasteiger partial charge >= 0.3 is 5.69 Å². The Bertz CT molecular complexity index is 1170. The standard InChI is InChI=1S/C20H20N6O2/c1-24-17-12-22-19(25-7-4-14-10-13(11-21)2-3-16(14)25)23-18(17)26(20(24)27)15-5-8-28-9-6-15/h2-3,10,12,15H,4-9H2,1H3. The van der Waals surface area contributed by atoms with Gasteiger partial charge in [0.1, 0.15) is 5.52 Å². The van der Waals surface area contributed by atoms with E-state index in [-0.39, 0.29) is 11.7 Å². The summed E-state index contributed by atoms with van der Waals surface area (Å²) in [6.45, 7) is 2.07. The molecule has 2 aliphatic rings. The van der Waals surface area contributed by atoms with Crippen molar-refractivity contribution in [1.29, 1.82) is 5.26 Å². The number of anilines is 2. The van der Waals surface area contributed by atoms with Crippen LogP contribution in [0.2, 0.25) is 0 Å². The van der Waals surface area contributed by atoms with Crippen molar-refractivity contribution < 1.29 is 4.74 Å². The van der Waals surface area contributed by atoms with E-state index < -0.39 is 0 Å². The van der Waals surface area contributed by atoms with E-state index in [9.17, 15) is 4.79 Å². The Kier molecular flexibility index (Phi) is 3.91. The molecule has 4 heterocycles. The number of benzene rings is 1. The summed E-state index contributed by atoms with van der Waals surface area (Å²) in [4.78, 5) is 24.3. The molecule has 8 nitrogen and oxygen atoms in total. The number of nitriles is 1. The Morgan fingerprint density at radius 2 is 2.11 bits per heavy atom. The van der Waals surface area contributed by atoms with Gasteiger partial charge in [-0.1, -0.05) is 0 Å². The molecule has 0 spiro atoms. The number of hydrogen-bond acceptors (Lipinski definition) is 6. The highest BCUT2D eigenvalue weighted by molar-refractivity contribution is 5.75. The van der Waals surface area contributed by atoms with E-state index in [0.717, 1.165) is 42.6 Å². The first-order valence-electron chi connectivity index (χ1n) is 9.49. The first-order chi connectivity index (χ1) is 13.7. The lowest BCUT2D eigenvalue weighted by atomic mass is 10.1. The van der Waals surface area contributed by atoms with E-state index in [1.165, 1.54) is 0 Å². The molecule has 142 valence electrons. The van der Waals surface area contributed by atoms with Crippen LogP contribution in [-0.2, 0) is 18.2 Å². The fraction of sp³-hybridized carbons (Fsp3) is 0.400. The van der Waals surface area contributed by atoms with Gasteiger partial charge in [0.15, 0.2) is 5.65 Å². The monoisotopic (exact) mass is 376 g/mol. The number of ether oxygens (including phenoxy) is 1. The van der Waals surface area contributed by atoms with Crippen molar-refractivity contribution in [3.05, 3.63) is 46.0 Å². The molecule has 1 aromatic carbocycles. The molecule has 5 rings (SSSR count). The van der Waals surface area contributed by atoms with Crippen LogP contribution in [0.1, 0.15) is 30.0 Å². The second kappa shape index (κ2) is 6.46. The van der Waals surface area contributed by atoms with E-state index in [1.807, 2.05) is 18.2 Å². The van der Waals surface area contributed by atoms with Crippen LogP contribution < -0.4 is 10.6 Å². The van der Waals surface area contributed by atoms with Crippen molar-refractivity contribution in [2.45, 2.75) is 25.3 Å². The van der Waals surface area contributed by atoms with Gasteiger partial charge in [0, 0.05) is 38.5 Å². The van der Waals surface area contributed by atoms with Gasteiger partial charge in [0.05, 0.1) is 17.8 Å². The van der Waals surface area contributed by atoms with Crippen LogP contribution in [0.15, 0.2) is 29.2 Å². The van der Waals surface area contributed by atoms with Crippen LogP contribution in [0.4, 0.5) is 11.6 Å². The van der Waals surface area contributed by atoms with E-state index in [1.54, 1.807) is 22.4 Å². The van der Waals surface area contributed by atoms with Gasteiger partial charge in [-0.05, 0) is 43.0 Å². The van der Waals surface area contributed by atoms with Gasteiger partial charge in [0.2, 0.25) is 5.95 Å². The van der Waals surface area contributed by atoms with Gasteiger partial charge in [-0.2, -0.15) is 10.2 Å². The van der Waals surface area contributed by atoms with Crippen molar-refractivity contribution in [2.75, 3.05) is 24.7 Å². The summed E-state index contributed by atoms with van der Waals surface area (Å²) in [5.74, 6) is 0.586. The SMILES string of the molecule is Cn1c(=O)n(C2CCOCC2)c2nc(N3CCc4cc(C#N)ccc43)ncc21. The predicted octanol–water partition coefficient (Wildman–Crippen LogP) is 2.05. The molecule has 28 heavy (non-hydrogen) atoms. The zero-order chi connectivity index (χ0) is 19.3. The lowest BCUT2D eigenvalue weighted by Crippen LogP contribution is -2.30. The number of nitrogens with zero attached hydrogens (tertiary/aromatic N) is 6. The number of hydrogen-bond donors (Lipinski definition) is 0. The minimum Gasteiger partial charge on any atom is -0.381 e. The zero-order valence-corrected chi connectivity index (χ0v) is 15.6. The molecule has 0 amide bonds. The van der Waals surface area contributed by atoms with Gasteiger partial charge in [-0.25, -0.2) is 9.78 Å². The van der Waals surface area contributed by atoms with E-state index in [4.69, 9.17) is 15.0 Å². The molecule has 3 aromatic rings. The van der Waals surface area contributed by atoms with Crippen molar-refractivity contribution in [3.8, 4) is 6.07 Å². The van der Waals surface area contributed by atoms with Gasteiger partial charge < -0.3 is 9.64 Å². The molecule has 0 radical (unpaired) electrons. The molecule has 0 bridgehead atoms. The molecule has 0 saturated carbocycles. The van der Waals surface area contributed by atoms with Crippen LogP contribution in [-0.4, -0.2) is 38.9 Å². The lowest BCUT2D eigenvalue weighted by Gasteiger charge is -2.23. The molecule has 8 heteroatoms. The molecular formula is C20H20N6O2. The molecule has 0 unspecified atom stereocenters. The number of aryl methyl sites for hydroxylation is 1. The van der Waals surface area contributed by atoms with Crippen molar-refractivity contribution in [1.82, 2.24) is 19.1 Å². The van der Waals surface area contributed by atoms with E-state index >= 15 is 0 Å². The summed E-state index contributed by atoms with van der Waals surface area (Å²) < 4.78 is 8.88. The van der Waals surface area contributed by atoms with Crippen molar-refractivity contribution >= 4 is 22.8 Å². The third-order valence-corrected chi connectivity index (χ3v) is 5.72. The number of fused-ring (bicyclic) bond motifs is 2. The Balaban J connectivity index is 1.61. The van der Waals surface area contributed by atoms with Crippen LogP contribution in [0, 0.1) is 11.3 Å². The van der Waals surface area contributed by atoms with Crippen molar-refractivity contribution in [2.24, 2.45) is 7.05 Å². The fourth-order valence-electron chi connectivity index (χ4n) is 4.21. The smallest absolute Gasteiger partial charge is 0.330 e. The predicted molar refractivity (Wildman–Crippen MR) is 104 cm³/mol. The normalized spacial score (nSPS) is 17.1. The number of imidazole rings is 1. The highest BCUT2D eigenvalue weighted by Crippen LogP contribution is 2.34. The summed E-state index contributed by atoms with van der Waals surface area (Å²) in [5, 5.41) is 9.12. The molecule has 0 atom stereocenters. The van der Waals surface area contributed by atoms with Crippen molar-refractivity contribution in [3.63, 3.8) is 0 Å². The summed E-state index contributed by atoms with van der Waals surface area (Å²) >= 11 is 0. The average molecular weight is 376 g/mol. The molecule has 0 N–H and O–H groups in total. The maximum Gasteiger partial charge on any atom is 0.330 e. The van der Waals surface area contributed by atoms with Crippen LogP contribution >= 0.6 is 0 Å². The van der Waals surface area contributed by atoms with Gasteiger partial charge in [-0.3, -0.25) is 9.13 Å². The second-order valence-electron chi connectivity index (χ2n) is 7.29. The molecule has 1 fully saturated rings. The Morgan fingerprint density at radius 3 is 2.89 bits per heavy atom. The van der Waals surface area contributed by atoms with E-state index in [0.29, 0.717) is 30.4 Å². The second-order valence-corrected chi connectivity index (χ2v) is 7.29. The molecule has 0 aliphatic carbocycles. The minimum atomic E-state index is -0.0613. The highest BCUT2D eigenvalue weighted by Gasteiger charge is 2.26. The van der Waals surface area contributed by atoms with E-state index in [2.05, 4.69) is 16.0 Å². The highest BCUT2D eigenvalue weighted by atomic mass is 16.5. The molecule has 1 saturated heterocycles. The molecular weight excluding hydrogens is 356 g/mol. The zero-order valence-electron chi connectivity index (χ0n) is 15.6. The van der Waals surface area contributed by atoms with Crippen LogP contribution in [0.3, 0.4) is 0 Å². The lowest BCUT2D eigenvalue weighted by molar-refractivity contribution is 0.0695. The Labute approximate surface area is 161 Å². The first-order valence-corrected chi connectivity index (χ1v) is 9.49.